The highest BCUT2D eigenvalue weighted by molar-refractivity contribution is 5.65. The molecule has 2 N–H and O–H groups in total. The van der Waals surface area contributed by atoms with E-state index in [1.807, 2.05) is 0 Å². The SMILES string of the molecule is O=C(O)N1CCC[C@H]1O. The van der Waals surface area contributed by atoms with Crippen molar-refractivity contribution in [3.63, 3.8) is 0 Å². The third kappa shape index (κ3) is 1.13. The number of nitrogens with zero attached hydrogens (tertiary/aromatic N) is 1. The maximum Gasteiger partial charge on any atom is 0.409 e. The van der Waals surface area contributed by atoms with Gasteiger partial charge in [0, 0.05) is 6.54 Å². The molecule has 1 aliphatic heterocycles. The molecule has 1 saturated heterocycles. The third-order valence-electron chi connectivity index (χ3n) is 1.47. The number of likely N-dealkylation sites (tertiary alicyclic amines) is 1. The molecule has 1 heterocycles. The van der Waals surface area contributed by atoms with E-state index in [1.54, 1.807) is 0 Å². The Kier molecular flexibility index (Phi) is 1.57. The second-order valence-corrected chi connectivity index (χ2v) is 2.10. The molecule has 52 valence electrons. The van der Waals surface area contributed by atoms with Gasteiger partial charge in [0.15, 0.2) is 0 Å². The van der Waals surface area contributed by atoms with Crippen molar-refractivity contribution in [2.24, 2.45) is 0 Å². The zero-order valence-corrected chi connectivity index (χ0v) is 4.95. The lowest BCUT2D eigenvalue weighted by molar-refractivity contribution is 0.0408. The lowest BCUT2D eigenvalue weighted by Gasteiger charge is -2.14. The van der Waals surface area contributed by atoms with Crippen LogP contribution in [0.15, 0.2) is 0 Å². The van der Waals surface area contributed by atoms with Gasteiger partial charge in [0.25, 0.3) is 0 Å². The Morgan fingerprint density at radius 2 is 2.33 bits per heavy atom. The van der Waals surface area contributed by atoms with E-state index in [2.05, 4.69) is 0 Å². The van der Waals surface area contributed by atoms with E-state index >= 15 is 0 Å². The fourth-order valence-electron chi connectivity index (χ4n) is 0.972. The lowest BCUT2D eigenvalue weighted by Crippen LogP contribution is -2.33. The first-order valence-corrected chi connectivity index (χ1v) is 2.89. The van der Waals surface area contributed by atoms with Crippen LogP contribution in [0, 0.1) is 0 Å². The Balaban J connectivity index is 2.49. The molecule has 4 nitrogen and oxygen atoms in total. The van der Waals surface area contributed by atoms with Crippen LogP contribution in [0.3, 0.4) is 0 Å². The van der Waals surface area contributed by atoms with Gasteiger partial charge in [0.05, 0.1) is 0 Å². The van der Waals surface area contributed by atoms with Crippen molar-refractivity contribution in [1.82, 2.24) is 4.90 Å². The molecule has 0 aliphatic carbocycles. The van der Waals surface area contributed by atoms with Crippen LogP contribution in [0.1, 0.15) is 12.8 Å². The molecule has 0 aromatic carbocycles. The van der Waals surface area contributed by atoms with Gasteiger partial charge in [-0.15, -0.1) is 0 Å². The summed E-state index contributed by atoms with van der Waals surface area (Å²) in [5, 5.41) is 17.3. The number of aliphatic hydroxyl groups is 1. The molecule has 1 aliphatic rings. The zero-order chi connectivity index (χ0) is 6.85. The molecule has 0 bridgehead atoms. The van der Waals surface area contributed by atoms with Gasteiger partial charge in [0.1, 0.15) is 6.23 Å². The van der Waals surface area contributed by atoms with Crippen molar-refractivity contribution < 1.29 is 15.0 Å². The minimum Gasteiger partial charge on any atom is -0.465 e. The molecule has 1 rings (SSSR count). The maximum absolute atomic E-state index is 10.2. The molecular formula is C5H9NO3. The third-order valence-corrected chi connectivity index (χ3v) is 1.47. The van der Waals surface area contributed by atoms with Gasteiger partial charge in [0.2, 0.25) is 0 Å². The summed E-state index contributed by atoms with van der Waals surface area (Å²) in [5.74, 6) is 0. The smallest absolute Gasteiger partial charge is 0.409 e. The van der Waals surface area contributed by atoms with Crippen LogP contribution in [0.4, 0.5) is 4.79 Å². The standard InChI is InChI=1S/C5H9NO3/c7-4-2-1-3-6(4)5(8)9/h4,7H,1-3H2,(H,8,9)/t4-/m1/s1. The van der Waals surface area contributed by atoms with Crippen LogP contribution in [0.25, 0.3) is 0 Å². The topological polar surface area (TPSA) is 60.8 Å². The average molecular weight is 131 g/mol. The van der Waals surface area contributed by atoms with Crippen molar-refractivity contribution in [3.8, 4) is 0 Å². The average Bonchev–Trinajstić information content (AvgIpc) is 2.13. The molecule has 1 fully saturated rings. The van der Waals surface area contributed by atoms with Gasteiger partial charge in [-0.2, -0.15) is 0 Å². The molecule has 0 saturated carbocycles. The number of carboxylic acid groups (broad SMARTS) is 1. The van der Waals surface area contributed by atoms with Gasteiger partial charge in [-0.05, 0) is 12.8 Å². The second-order valence-electron chi connectivity index (χ2n) is 2.10. The predicted octanol–water partition coefficient (Wildman–Crippen LogP) is 0.0786. The van der Waals surface area contributed by atoms with E-state index in [0.717, 1.165) is 11.3 Å². The van der Waals surface area contributed by atoms with Crippen molar-refractivity contribution >= 4 is 6.09 Å². The summed E-state index contributed by atoms with van der Waals surface area (Å²) < 4.78 is 0. The number of aliphatic hydroxyl groups excluding tert-OH is 1. The molecule has 9 heavy (non-hydrogen) atoms. The molecule has 1 amide bonds. The van der Waals surface area contributed by atoms with Crippen LogP contribution >= 0.6 is 0 Å². The Morgan fingerprint density at radius 3 is 2.56 bits per heavy atom. The van der Waals surface area contributed by atoms with E-state index in [0.29, 0.717) is 13.0 Å². The minimum atomic E-state index is -1.03. The van der Waals surface area contributed by atoms with Crippen LogP contribution in [0.2, 0.25) is 0 Å². The van der Waals surface area contributed by atoms with E-state index in [9.17, 15) is 4.79 Å². The fourth-order valence-corrected chi connectivity index (χ4v) is 0.972. The molecule has 0 spiro atoms. The van der Waals surface area contributed by atoms with E-state index in [1.165, 1.54) is 0 Å². The Morgan fingerprint density at radius 1 is 1.67 bits per heavy atom. The normalized spacial score (nSPS) is 26.8. The van der Waals surface area contributed by atoms with Crippen LogP contribution in [-0.4, -0.2) is 34.0 Å². The summed E-state index contributed by atoms with van der Waals surface area (Å²) in [4.78, 5) is 11.2. The quantitative estimate of drug-likeness (QED) is 0.489. The first-order valence-electron chi connectivity index (χ1n) is 2.89. The van der Waals surface area contributed by atoms with E-state index in [-0.39, 0.29) is 0 Å². The molecule has 0 aromatic rings. The highest BCUT2D eigenvalue weighted by Gasteiger charge is 2.25. The lowest BCUT2D eigenvalue weighted by atomic mass is 10.4. The summed E-state index contributed by atoms with van der Waals surface area (Å²) in [6.07, 6.45) is -0.442. The molecule has 0 aromatic heterocycles. The first kappa shape index (κ1) is 6.35. The molecule has 0 radical (unpaired) electrons. The van der Waals surface area contributed by atoms with E-state index in [4.69, 9.17) is 10.2 Å². The number of hydrogen-bond acceptors (Lipinski definition) is 2. The number of rotatable bonds is 0. The highest BCUT2D eigenvalue weighted by atomic mass is 16.4. The Bertz CT molecular complexity index is 125. The number of amides is 1. The number of hydrogen-bond donors (Lipinski definition) is 2. The number of carbonyl (C=O) groups is 1. The van der Waals surface area contributed by atoms with Crippen LogP contribution in [0.5, 0.6) is 0 Å². The van der Waals surface area contributed by atoms with Crippen molar-refractivity contribution in [1.29, 1.82) is 0 Å². The first-order chi connectivity index (χ1) is 4.22. The predicted molar refractivity (Wildman–Crippen MR) is 30.0 cm³/mol. The molecule has 0 unspecified atom stereocenters. The van der Waals surface area contributed by atoms with Crippen LogP contribution in [-0.2, 0) is 0 Å². The second kappa shape index (κ2) is 2.23. The highest BCUT2D eigenvalue weighted by Crippen LogP contribution is 2.13. The molecule has 1 atom stereocenters. The molecular weight excluding hydrogens is 122 g/mol. The summed E-state index contributed by atoms with van der Waals surface area (Å²) in [5.41, 5.74) is 0. The minimum absolute atomic E-state index is 0.469. The van der Waals surface area contributed by atoms with Gasteiger partial charge in [-0.25, -0.2) is 4.79 Å². The zero-order valence-electron chi connectivity index (χ0n) is 4.95. The van der Waals surface area contributed by atoms with Crippen molar-refractivity contribution in [2.75, 3.05) is 6.54 Å². The monoisotopic (exact) mass is 131 g/mol. The van der Waals surface area contributed by atoms with Gasteiger partial charge < -0.3 is 10.2 Å². The Hall–Kier alpha value is -0.770. The maximum atomic E-state index is 10.2. The summed E-state index contributed by atoms with van der Waals surface area (Å²) in [7, 11) is 0. The summed E-state index contributed by atoms with van der Waals surface area (Å²) in [6.45, 7) is 0.469. The van der Waals surface area contributed by atoms with Crippen molar-refractivity contribution in [3.05, 3.63) is 0 Å². The fraction of sp³-hybridized carbons (Fsp3) is 0.800. The largest absolute Gasteiger partial charge is 0.465 e. The van der Waals surface area contributed by atoms with Gasteiger partial charge in [-0.3, -0.25) is 4.90 Å². The Labute approximate surface area is 52.7 Å². The van der Waals surface area contributed by atoms with E-state index < -0.39 is 12.3 Å². The van der Waals surface area contributed by atoms with Crippen LogP contribution < -0.4 is 0 Å². The molecule has 4 heteroatoms. The van der Waals surface area contributed by atoms with Gasteiger partial charge >= 0.3 is 6.09 Å². The van der Waals surface area contributed by atoms with Gasteiger partial charge in [-0.1, -0.05) is 0 Å². The summed E-state index contributed by atoms with van der Waals surface area (Å²) >= 11 is 0. The summed E-state index contributed by atoms with van der Waals surface area (Å²) in [6, 6.07) is 0. The van der Waals surface area contributed by atoms with Crippen molar-refractivity contribution in [2.45, 2.75) is 19.1 Å².